The van der Waals surface area contributed by atoms with Crippen molar-refractivity contribution >= 4 is 27.5 Å². The third kappa shape index (κ3) is 3.61. The third-order valence-electron chi connectivity index (χ3n) is 3.25. The van der Waals surface area contributed by atoms with Crippen molar-refractivity contribution in [2.75, 3.05) is 5.32 Å². The normalized spacial score (nSPS) is 10.5. The summed E-state index contributed by atoms with van der Waals surface area (Å²) in [6, 6.07) is 8.08. The number of hydrogen-bond acceptors (Lipinski definition) is 2. The molecule has 0 aliphatic rings. The van der Waals surface area contributed by atoms with E-state index in [9.17, 15) is 9.18 Å². The average Bonchev–Trinajstić information content (AvgIpc) is 2.43. The van der Waals surface area contributed by atoms with Crippen LogP contribution in [0, 0.1) is 19.7 Å². The molecule has 3 nitrogen and oxygen atoms in total. The Balaban J connectivity index is 2.20. The first kappa shape index (κ1) is 15.5. The Labute approximate surface area is 131 Å². The Morgan fingerprint density at radius 1 is 1.24 bits per heavy atom. The van der Waals surface area contributed by atoms with E-state index < -0.39 is 5.91 Å². The molecule has 0 spiro atoms. The molecule has 0 fully saturated rings. The number of benzene rings is 2. The predicted molar refractivity (Wildman–Crippen MR) is 85.9 cm³/mol. The molecule has 2 aromatic carbocycles. The lowest BCUT2D eigenvalue weighted by atomic mass is 10.1. The molecule has 0 unspecified atom stereocenters. The molecule has 0 saturated carbocycles. The summed E-state index contributed by atoms with van der Waals surface area (Å²) in [5.41, 5.74) is 9.02. The van der Waals surface area contributed by atoms with Crippen LogP contribution in [0.2, 0.25) is 0 Å². The Bertz CT molecular complexity index is 678. The van der Waals surface area contributed by atoms with E-state index >= 15 is 0 Å². The highest BCUT2D eigenvalue weighted by Crippen LogP contribution is 2.25. The number of nitrogens with two attached hydrogens (primary N) is 1. The lowest BCUT2D eigenvalue weighted by Gasteiger charge is -2.11. The van der Waals surface area contributed by atoms with Crippen molar-refractivity contribution in [2.24, 2.45) is 5.73 Å². The standard InChI is InChI=1S/C16H16BrFN2O/c1-9-5-13(6-10(2)15(9)17)20-8-12-7-11(16(19)21)3-4-14(12)18/h3-7,20H,8H2,1-2H3,(H2,19,21). The highest BCUT2D eigenvalue weighted by molar-refractivity contribution is 9.10. The van der Waals surface area contributed by atoms with Crippen molar-refractivity contribution in [1.82, 2.24) is 0 Å². The molecule has 0 bridgehead atoms. The van der Waals surface area contributed by atoms with Crippen molar-refractivity contribution in [3.05, 3.63) is 62.9 Å². The van der Waals surface area contributed by atoms with Crippen LogP contribution in [0.4, 0.5) is 10.1 Å². The van der Waals surface area contributed by atoms with Crippen LogP contribution in [0.1, 0.15) is 27.0 Å². The zero-order chi connectivity index (χ0) is 15.6. The van der Waals surface area contributed by atoms with Gasteiger partial charge in [0.2, 0.25) is 5.91 Å². The quantitative estimate of drug-likeness (QED) is 0.877. The van der Waals surface area contributed by atoms with Crippen LogP contribution in [-0.4, -0.2) is 5.91 Å². The zero-order valence-corrected chi connectivity index (χ0v) is 13.4. The predicted octanol–water partition coefficient (Wildman–Crippen LogP) is 3.92. The minimum atomic E-state index is -0.563. The van der Waals surface area contributed by atoms with Crippen LogP contribution in [0.5, 0.6) is 0 Å². The van der Waals surface area contributed by atoms with Crippen molar-refractivity contribution in [1.29, 1.82) is 0 Å². The van der Waals surface area contributed by atoms with E-state index in [1.807, 2.05) is 26.0 Å². The van der Waals surface area contributed by atoms with Crippen molar-refractivity contribution in [3.8, 4) is 0 Å². The largest absolute Gasteiger partial charge is 0.381 e. The smallest absolute Gasteiger partial charge is 0.248 e. The van der Waals surface area contributed by atoms with E-state index in [2.05, 4.69) is 21.2 Å². The van der Waals surface area contributed by atoms with E-state index in [4.69, 9.17) is 5.73 Å². The molecule has 2 aromatic rings. The Morgan fingerprint density at radius 3 is 2.43 bits per heavy atom. The fourth-order valence-electron chi connectivity index (χ4n) is 2.11. The lowest BCUT2D eigenvalue weighted by molar-refractivity contribution is 0.1000. The van der Waals surface area contributed by atoms with Crippen LogP contribution in [0.25, 0.3) is 0 Å². The first-order chi connectivity index (χ1) is 9.88. The third-order valence-corrected chi connectivity index (χ3v) is 4.50. The number of carbonyl (C=O) groups is 1. The summed E-state index contributed by atoms with van der Waals surface area (Å²) in [4.78, 5) is 11.1. The van der Waals surface area contributed by atoms with Crippen molar-refractivity contribution < 1.29 is 9.18 Å². The highest BCUT2D eigenvalue weighted by Gasteiger charge is 2.08. The van der Waals surface area contributed by atoms with Gasteiger partial charge in [0.05, 0.1) is 0 Å². The van der Waals surface area contributed by atoms with E-state index in [1.165, 1.54) is 18.2 Å². The summed E-state index contributed by atoms with van der Waals surface area (Å²) in [5.74, 6) is -0.926. The van der Waals surface area contributed by atoms with Gasteiger partial charge < -0.3 is 11.1 Å². The van der Waals surface area contributed by atoms with Gasteiger partial charge in [-0.1, -0.05) is 15.9 Å². The Morgan fingerprint density at radius 2 is 1.86 bits per heavy atom. The van der Waals surface area contributed by atoms with Gasteiger partial charge >= 0.3 is 0 Å². The molecule has 0 aliphatic heterocycles. The van der Waals surface area contributed by atoms with Crippen molar-refractivity contribution in [2.45, 2.75) is 20.4 Å². The Kier molecular flexibility index (Phi) is 4.63. The summed E-state index contributed by atoms with van der Waals surface area (Å²) >= 11 is 3.51. The number of amides is 1. The number of carbonyl (C=O) groups excluding carboxylic acids is 1. The first-order valence-corrected chi connectivity index (χ1v) is 7.26. The van der Waals surface area contributed by atoms with Gasteiger partial charge in [0, 0.05) is 27.8 Å². The molecule has 3 N–H and O–H groups in total. The monoisotopic (exact) mass is 350 g/mol. The van der Waals surface area contributed by atoms with Gasteiger partial charge in [-0.15, -0.1) is 0 Å². The fraction of sp³-hybridized carbons (Fsp3) is 0.188. The number of halogens is 2. The molecule has 21 heavy (non-hydrogen) atoms. The average molecular weight is 351 g/mol. The molecule has 0 saturated heterocycles. The molecule has 0 heterocycles. The topological polar surface area (TPSA) is 55.1 Å². The number of nitrogens with one attached hydrogen (secondary N) is 1. The molecule has 110 valence electrons. The molecule has 0 radical (unpaired) electrons. The SMILES string of the molecule is Cc1cc(NCc2cc(C(N)=O)ccc2F)cc(C)c1Br. The number of rotatable bonds is 4. The van der Waals surface area contributed by atoms with E-state index in [1.54, 1.807) is 0 Å². The molecular formula is C16H16BrFN2O. The van der Waals surface area contributed by atoms with E-state index in [0.717, 1.165) is 21.3 Å². The second-order valence-electron chi connectivity index (χ2n) is 4.95. The van der Waals surface area contributed by atoms with E-state index in [-0.39, 0.29) is 12.4 Å². The van der Waals surface area contributed by atoms with Gasteiger partial charge in [-0.2, -0.15) is 0 Å². The summed E-state index contributed by atoms with van der Waals surface area (Å²) < 4.78 is 14.8. The van der Waals surface area contributed by atoms with Crippen LogP contribution in [-0.2, 0) is 6.54 Å². The van der Waals surface area contributed by atoms with Gasteiger partial charge in [0.1, 0.15) is 5.82 Å². The number of hydrogen-bond donors (Lipinski definition) is 2. The first-order valence-electron chi connectivity index (χ1n) is 6.47. The van der Waals surface area contributed by atoms with Crippen LogP contribution in [0.3, 0.4) is 0 Å². The summed E-state index contributed by atoms with van der Waals surface area (Å²) in [5, 5.41) is 3.16. The maximum absolute atomic E-state index is 13.8. The minimum absolute atomic E-state index is 0.285. The maximum Gasteiger partial charge on any atom is 0.248 e. The number of anilines is 1. The van der Waals surface area contributed by atoms with Crippen LogP contribution in [0.15, 0.2) is 34.8 Å². The number of aryl methyl sites for hydroxylation is 2. The van der Waals surface area contributed by atoms with Crippen molar-refractivity contribution in [3.63, 3.8) is 0 Å². The molecule has 2 rings (SSSR count). The Hall–Kier alpha value is -1.88. The van der Waals surface area contributed by atoms with E-state index in [0.29, 0.717) is 11.1 Å². The zero-order valence-electron chi connectivity index (χ0n) is 11.8. The summed E-state index contributed by atoms with van der Waals surface area (Å²) in [6.07, 6.45) is 0. The van der Waals surface area contributed by atoms with Crippen LogP contribution >= 0.6 is 15.9 Å². The fourth-order valence-corrected chi connectivity index (χ4v) is 2.34. The van der Waals surface area contributed by atoms with Crippen LogP contribution < -0.4 is 11.1 Å². The molecule has 0 atom stereocenters. The lowest BCUT2D eigenvalue weighted by Crippen LogP contribution is -2.12. The summed E-state index contributed by atoms with van der Waals surface area (Å²) in [7, 11) is 0. The molecule has 0 aromatic heterocycles. The second kappa shape index (κ2) is 6.26. The summed E-state index contributed by atoms with van der Waals surface area (Å²) in [6.45, 7) is 4.28. The molecule has 1 amide bonds. The van der Waals surface area contributed by atoms with Gasteiger partial charge in [-0.05, 0) is 55.3 Å². The van der Waals surface area contributed by atoms with Gasteiger partial charge in [0.15, 0.2) is 0 Å². The van der Waals surface area contributed by atoms with Gasteiger partial charge in [-0.3, -0.25) is 4.79 Å². The van der Waals surface area contributed by atoms with Gasteiger partial charge in [-0.25, -0.2) is 4.39 Å². The molecule has 5 heteroatoms. The maximum atomic E-state index is 13.8. The minimum Gasteiger partial charge on any atom is -0.381 e. The number of primary amides is 1. The molecule has 0 aliphatic carbocycles. The second-order valence-corrected chi connectivity index (χ2v) is 5.74. The van der Waals surface area contributed by atoms with Gasteiger partial charge in [0.25, 0.3) is 0 Å². The molecular weight excluding hydrogens is 335 g/mol. The highest BCUT2D eigenvalue weighted by atomic mass is 79.9.